The van der Waals surface area contributed by atoms with Crippen molar-refractivity contribution in [2.45, 2.75) is 32.2 Å². The predicted octanol–water partition coefficient (Wildman–Crippen LogP) is 1.71. The molecule has 0 bridgehead atoms. The van der Waals surface area contributed by atoms with Gasteiger partial charge >= 0.3 is 0 Å². The number of nitrogens with two attached hydrogens (primary N) is 1. The van der Waals surface area contributed by atoms with Crippen LogP contribution in [0.4, 0.5) is 11.4 Å². The number of carbonyl (C=O) groups is 2. The van der Waals surface area contributed by atoms with Crippen LogP contribution >= 0.6 is 0 Å². The van der Waals surface area contributed by atoms with Crippen molar-refractivity contribution in [1.82, 2.24) is 0 Å². The normalized spacial score (nSPS) is 17.4. The van der Waals surface area contributed by atoms with E-state index in [4.69, 9.17) is 5.73 Å². The molecule has 5 nitrogen and oxygen atoms in total. The molecular weight excluding hydrogens is 242 g/mol. The van der Waals surface area contributed by atoms with Crippen molar-refractivity contribution < 1.29 is 9.59 Å². The van der Waals surface area contributed by atoms with E-state index < -0.39 is 5.54 Å². The van der Waals surface area contributed by atoms with Crippen molar-refractivity contribution in [3.05, 3.63) is 24.3 Å². The number of carbonyl (C=O) groups excluding carboxylic acids is 2. The zero-order valence-electron chi connectivity index (χ0n) is 11.2. The molecule has 0 saturated heterocycles. The third kappa shape index (κ3) is 3.32. The van der Waals surface area contributed by atoms with Gasteiger partial charge in [-0.25, -0.2) is 0 Å². The molecule has 19 heavy (non-hydrogen) atoms. The third-order valence-electron chi connectivity index (χ3n) is 3.38. The second-order valence-electron chi connectivity index (χ2n) is 5.27. The number of anilines is 2. The first-order valence-corrected chi connectivity index (χ1v) is 6.37. The molecule has 0 aliphatic heterocycles. The summed E-state index contributed by atoms with van der Waals surface area (Å²) >= 11 is 0. The van der Waals surface area contributed by atoms with E-state index in [1.165, 1.54) is 6.92 Å². The topological polar surface area (TPSA) is 84.2 Å². The second-order valence-corrected chi connectivity index (χ2v) is 5.27. The van der Waals surface area contributed by atoms with Crippen LogP contribution in [0.15, 0.2) is 24.3 Å². The molecule has 2 amide bonds. The molecule has 5 heteroatoms. The second kappa shape index (κ2) is 5.01. The first-order chi connectivity index (χ1) is 8.89. The molecule has 0 heterocycles. The van der Waals surface area contributed by atoms with E-state index in [-0.39, 0.29) is 17.7 Å². The van der Waals surface area contributed by atoms with Crippen LogP contribution in [0.5, 0.6) is 0 Å². The van der Waals surface area contributed by atoms with Gasteiger partial charge in [-0.2, -0.15) is 0 Å². The molecule has 1 aliphatic rings. The lowest BCUT2D eigenvalue weighted by Crippen LogP contribution is -2.50. The van der Waals surface area contributed by atoms with Gasteiger partial charge in [-0.05, 0) is 49.9 Å². The van der Waals surface area contributed by atoms with Gasteiger partial charge in [0.05, 0.1) is 5.54 Å². The average Bonchev–Trinajstić information content (AvgIpc) is 3.15. The first-order valence-electron chi connectivity index (χ1n) is 6.37. The van der Waals surface area contributed by atoms with Crippen molar-refractivity contribution in [1.29, 1.82) is 0 Å². The number of amides is 2. The maximum absolute atomic E-state index is 12.1. The van der Waals surface area contributed by atoms with Gasteiger partial charge in [-0.1, -0.05) is 0 Å². The fourth-order valence-electron chi connectivity index (χ4n) is 1.97. The van der Waals surface area contributed by atoms with Gasteiger partial charge in [-0.15, -0.1) is 0 Å². The highest BCUT2D eigenvalue weighted by atomic mass is 16.2. The van der Waals surface area contributed by atoms with E-state index >= 15 is 0 Å². The van der Waals surface area contributed by atoms with Crippen LogP contribution in [0, 0.1) is 5.92 Å². The summed E-state index contributed by atoms with van der Waals surface area (Å²) in [4.78, 5) is 23.0. The standard InChI is InChI=1S/C14H19N3O2/c1-9(18)16-11-5-7-12(8-6-11)17-13(19)14(2,15)10-3-4-10/h5-8,10H,3-4,15H2,1-2H3,(H,16,18)(H,17,19). The summed E-state index contributed by atoms with van der Waals surface area (Å²) in [6.07, 6.45) is 2.03. The van der Waals surface area contributed by atoms with E-state index in [9.17, 15) is 9.59 Å². The molecule has 1 saturated carbocycles. The zero-order valence-corrected chi connectivity index (χ0v) is 11.2. The van der Waals surface area contributed by atoms with Gasteiger partial charge in [0.25, 0.3) is 0 Å². The molecule has 1 unspecified atom stereocenters. The quantitative estimate of drug-likeness (QED) is 0.771. The van der Waals surface area contributed by atoms with Gasteiger partial charge in [0.1, 0.15) is 0 Å². The minimum Gasteiger partial charge on any atom is -0.326 e. The van der Waals surface area contributed by atoms with Crippen LogP contribution in [0.2, 0.25) is 0 Å². The van der Waals surface area contributed by atoms with Crippen LogP contribution in [0.25, 0.3) is 0 Å². The maximum Gasteiger partial charge on any atom is 0.244 e. The lowest BCUT2D eigenvalue weighted by molar-refractivity contribution is -0.121. The summed E-state index contributed by atoms with van der Waals surface area (Å²) in [5.74, 6) is -0.00604. The maximum atomic E-state index is 12.1. The van der Waals surface area contributed by atoms with Crippen LogP contribution in [-0.2, 0) is 9.59 Å². The zero-order chi connectivity index (χ0) is 14.0. The minimum absolute atomic E-state index is 0.125. The van der Waals surface area contributed by atoms with Crippen molar-refractivity contribution in [2.24, 2.45) is 11.7 Å². The van der Waals surface area contributed by atoms with Crippen molar-refractivity contribution >= 4 is 23.2 Å². The molecule has 0 aromatic heterocycles. The Hall–Kier alpha value is -1.88. The summed E-state index contributed by atoms with van der Waals surface area (Å²) in [5, 5.41) is 5.47. The Balaban J connectivity index is 1.99. The molecule has 4 N–H and O–H groups in total. The van der Waals surface area contributed by atoms with Gasteiger partial charge in [0.2, 0.25) is 11.8 Å². The minimum atomic E-state index is -0.809. The summed E-state index contributed by atoms with van der Waals surface area (Å²) in [7, 11) is 0. The Morgan fingerprint density at radius 1 is 1.16 bits per heavy atom. The summed E-state index contributed by atoms with van der Waals surface area (Å²) in [6.45, 7) is 3.22. The van der Waals surface area contributed by atoms with E-state index in [2.05, 4.69) is 10.6 Å². The van der Waals surface area contributed by atoms with Crippen LogP contribution in [0.3, 0.4) is 0 Å². The average molecular weight is 261 g/mol. The Morgan fingerprint density at radius 3 is 2.05 bits per heavy atom. The van der Waals surface area contributed by atoms with E-state index in [1.54, 1.807) is 31.2 Å². The van der Waals surface area contributed by atoms with Gasteiger partial charge < -0.3 is 16.4 Å². The van der Waals surface area contributed by atoms with Crippen molar-refractivity contribution in [3.8, 4) is 0 Å². The molecule has 0 radical (unpaired) electrons. The van der Waals surface area contributed by atoms with Crippen molar-refractivity contribution in [3.63, 3.8) is 0 Å². The van der Waals surface area contributed by atoms with Crippen LogP contribution in [-0.4, -0.2) is 17.4 Å². The van der Waals surface area contributed by atoms with E-state index in [0.717, 1.165) is 12.8 Å². The molecule has 1 aromatic carbocycles. The highest BCUT2D eigenvalue weighted by Gasteiger charge is 2.44. The Morgan fingerprint density at radius 2 is 1.63 bits per heavy atom. The van der Waals surface area contributed by atoms with Gasteiger partial charge in [-0.3, -0.25) is 9.59 Å². The lowest BCUT2D eigenvalue weighted by Gasteiger charge is -2.23. The van der Waals surface area contributed by atoms with Crippen LogP contribution < -0.4 is 16.4 Å². The smallest absolute Gasteiger partial charge is 0.244 e. The monoisotopic (exact) mass is 261 g/mol. The van der Waals surface area contributed by atoms with Crippen molar-refractivity contribution in [2.75, 3.05) is 10.6 Å². The number of hydrogen-bond acceptors (Lipinski definition) is 3. The Labute approximate surface area is 112 Å². The first kappa shape index (κ1) is 13.5. The summed E-state index contributed by atoms with van der Waals surface area (Å²) in [6, 6.07) is 6.96. The van der Waals surface area contributed by atoms with Crippen LogP contribution in [0.1, 0.15) is 26.7 Å². The fraction of sp³-hybridized carbons (Fsp3) is 0.429. The predicted molar refractivity (Wildman–Crippen MR) is 74.7 cm³/mol. The lowest BCUT2D eigenvalue weighted by atomic mass is 9.96. The Kier molecular flexibility index (Phi) is 3.57. The summed E-state index contributed by atoms with van der Waals surface area (Å²) < 4.78 is 0. The number of benzene rings is 1. The molecular formula is C14H19N3O2. The Bertz CT molecular complexity index is 490. The molecule has 102 valence electrons. The molecule has 1 aliphatic carbocycles. The van der Waals surface area contributed by atoms with Gasteiger partial charge in [0, 0.05) is 18.3 Å². The molecule has 1 fully saturated rings. The number of nitrogens with one attached hydrogen (secondary N) is 2. The SMILES string of the molecule is CC(=O)Nc1ccc(NC(=O)C(C)(N)C2CC2)cc1. The molecule has 2 rings (SSSR count). The number of rotatable bonds is 4. The fourth-order valence-corrected chi connectivity index (χ4v) is 1.97. The molecule has 0 spiro atoms. The van der Waals surface area contributed by atoms with E-state index in [1.807, 2.05) is 0 Å². The van der Waals surface area contributed by atoms with E-state index in [0.29, 0.717) is 11.4 Å². The van der Waals surface area contributed by atoms with Gasteiger partial charge in [0.15, 0.2) is 0 Å². The third-order valence-corrected chi connectivity index (χ3v) is 3.38. The number of hydrogen-bond donors (Lipinski definition) is 3. The summed E-state index contributed by atoms with van der Waals surface area (Å²) in [5.41, 5.74) is 6.61. The largest absolute Gasteiger partial charge is 0.326 e. The molecule has 1 aromatic rings. The highest BCUT2D eigenvalue weighted by molar-refractivity contribution is 5.98. The highest BCUT2D eigenvalue weighted by Crippen LogP contribution is 2.38. The molecule has 1 atom stereocenters.